The van der Waals surface area contributed by atoms with Crippen molar-refractivity contribution in [3.63, 3.8) is 0 Å². The van der Waals surface area contributed by atoms with Crippen molar-refractivity contribution in [2.45, 2.75) is 33.3 Å². The second kappa shape index (κ2) is 6.16. The third-order valence-electron chi connectivity index (χ3n) is 2.62. The van der Waals surface area contributed by atoms with Crippen molar-refractivity contribution in [1.29, 1.82) is 0 Å². The highest BCUT2D eigenvalue weighted by molar-refractivity contribution is 5.32. The first-order valence-corrected chi connectivity index (χ1v) is 5.70. The normalized spacial score (nSPS) is 13.3. The summed E-state index contributed by atoms with van der Waals surface area (Å²) < 4.78 is 5.99. The summed E-state index contributed by atoms with van der Waals surface area (Å²) in [6.45, 7) is 9.98. The molecule has 0 fully saturated rings. The molecule has 1 rings (SSSR count). The number of hydrogen-bond acceptors (Lipinski definition) is 1. The first-order valence-electron chi connectivity index (χ1n) is 5.70. The number of aryl methyl sites for hydroxylation is 1. The van der Waals surface area contributed by atoms with Gasteiger partial charge in [0.05, 0.1) is 0 Å². The lowest BCUT2D eigenvalue weighted by atomic mass is 10.1. The summed E-state index contributed by atoms with van der Waals surface area (Å²) in [7, 11) is 0. The first kappa shape index (κ1) is 12.6. The molecule has 0 aromatic heterocycles. The van der Waals surface area contributed by atoms with Gasteiger partial charge in [-0.1, -0.05) is 43.9 Å². The Hall–Kier alpha value is -1.50. The predicted molar refractivity (Wildman–Crippen MR) is 69.8 cm³/mol. The largest absolute Gasteiger partial charge is 0.486 e. The van der Waals surface area contributed by atoms with Crippen LogP contribution < -0.4 is 4.74 Å². The van der Waals surface area contributed by atoms with Crippen LogP contribution >= 0.6 is 0 Å². The molecule has 0 saturated heterocycles. The Morgan fingerprint density at radius 1 is 1.44 bits per heavy atom. The number of para-hydroxylation sites is 1. The fraction of sp³-hybridized carbons (Fsp3) is 0.333. The third kappa shape index (κ3) is 3.27. The molecule has 0 spiro atoms. The van der Waals surface area contributed by atoms with Gasteiger partial charge in [0.1, 0.15) is 11.9 Å². The minimum atomic E-state index is 0.138. The maximum absolute atomic E-state index is 5.99. The van der Waals surface area contributed by atoms with E-state index in [9.17, 15) is 0 Å². The van der Waals surface area contributed by atoms with E-state index < -0.39 is 0 Å². The monoisotopic (exact) mass is 216 g/mol. The number of rotatable bonds is 5. The minimum absolute atomic E-state index is 0.138. The Balaban J connectivity index is 2.82. The van der Waals surface area contributed by atoms with Gasteiger partial charge in [-0.2, -0.15) is 0 Å². The van der Waals surface area contributed by atoms with Crippen molar-refractivity contribution in [2.75, 3.05) is 0 Å². The van der Waals surface area contributed by atoms with E-state index in [1.807, 2.05) is 24.3 Å². The molecule has 1 nitrogen and oxygen atoms in total. The fourth-order valence-corrected chi connectivity index (χ4v) is 1.63. The molecule has 0 saturated carbocycles. The van der Waals surface area contributed by atoms with Gasteiger partial charge in [-0.25, -0.2) is 0 Å². The smallest absolute Gasteiger partial charge is 0.123 e. The number of hydrogen-bond donors (Lipinski definition) is 0. The molecule has 0 aliphatic carbocycles. The lowest BCUT2D eigenvalue weighted by Gasteiger charge is -2.19. The predicted octanol–water partition coefficient (Wildman–Crippen LogP) is 4.28. The van der Waals surface area contributed by atoms with E-state index >= 15 is 0 Å². The quantitative estimate of drug-likeness (QED) is 0.667. The van der Waals surface area contributed by atoms with Crippen LogP contribution in [0.2, 0.25) is 0 Å². The zero-order valence-electron chi connectivity index (χ0n) is 10.4. The summed E-state index contributed by atoms with van der Waals surface area (Å²) in [6.07, 6.45) is 4.91. The van der Waals surface area contributed by atoms with Gasteiger partial charge in [0, 0.05) is 0 Å². The molecule has 1 aromatic rings. The van der Waals surface area contributed by atoms with Crippen LogP contribution in [0.25, 0.3) is 0 Å². The summed E-state index contributed by atoms with van der Waals surface area (Å²) >= 11 is 0. The third-order valence-corrected chi connectivity index (χ3v) is 2.62. The lowest BCUT2D eigenvalue weighted by molar-refractivity contribution is 0.231. The lowest BCUT2D eigenvalue weighted by Crippen LogP contribution is -2.17. The zero-order chi connectivity index (χ0) is 12.0. The highest BCUT2D eigenvalue weighted by Crippen LogP contribution is 2.21. The average Bonchev–Trinajstić information content (AvgIpc) is 2.28. The van der Waals surface area contributed by atoms with Crippen LogP contribution in [0.1, 0.15) is 25.8 Å². The standard InChI is InChI=1S/C15H20O/c1-5-9-12(3)14(6-2)16-15-11-8-7-10-13(15)4/h5,7-11,14H,1,6H2,2-4H3/b12-9+. The molecule has 0 radical (unpaired) electrons. The maximum Gasteiger partial charge on any atom is 0.123 e. The summed E-state index contributed by atoms with van der Waals surface area (Å²) in [4.78, 5) is 0. The SMILES string of the molecule is C=C/C=C(\C)C(CC)Oc1ccccc1C. The molecular weight excluding hydrogens is 196 g/mol. The van der Waals surface area contributed by atoms with E-state index in [4.69, 9.17) is 4.74 Å². The zero-order valence-corrected chi connectivity index (χ0v) is 10.4. The molecule has 0 amide bonds. The second-order valence-corrected chi connectivity index (χ2v) is 3.93. The molecule has 0 heterocycles. The highest BCUT2D eigenvalue weighted by atomic mass is 16.5. The van der Waals surface area contributed by atoms with Gasteiger partial charge >= 0.3 is 0 Å². The summed E-state index contributed by atoms with van der Waals surface area (Å²) in [5, 5.41) is 0. The van der Waals surface area contributed by atoms with Gasteiger partial charge in [-0.05, 0) is 37.5 Å². The summed E-state index contributed by atoms with van der Waals surface area (Å²) in [5.41, 5.74) is 2.38. The van der Waals surface area contributed by atoms with Crippen molar-refractivity contribution >= 4 is 0 Å². The molecule has 0 N–H and O–H groups in total. The topological polar surface area (TPSA) is 9.23 Å². The van der Waals surface area contributed by atoms with Crippen LogP contribution in [0.4, 0.5) is 0 Å². The van der Waals surface area contributed by atoms with E-state index in [-0.39, 0.29) is 6.10 Å². The fourth-order valence-electron chi connectivity index (χ4n) is 1.63. The second-order valence-electron chi connectivity index (χ2n) is 3.93. The Morgan fingerprint density at radius 2 is 2.12 bits per heavy atom. The van der Waals surface area contributed by atoms with E-state index in [1.54, 1.807) is 6.08 Å². The van der Waals surface area contributed by atoms with Gasteiger partial charge in [-0.3, -0.25) is 0 Å². The van der Waals surface area contributed by atoms with E-state index in [0.29, 0.717) is 0 Å². The van der Waals surface area contributed by atoms with Crippen molar-refractivity contribution in [2.24, 2.45) is 0 Å². The first-order chi connectivity index (χ1) is 7.69. The van der Waals surface area contributed by atoms with Crippen LogP contribution in [0.3, 0.4) is 0 Å². The Kier molecular flexibility index (Phi) is 4.84. The van der Waals surface area contributed by atoms with Crippen LogP contribution in [0.5, 0.6) is 5.75 Å². The molecular formula is C15H20O. The van der Waals surface area contributed by atoms with Crippen molar-refractivity contribution in [1.82, 2.24) is 0 Å². The van der Waals surface area contributed by atoms with Crippen molar-refractivity contribution in [3.8, 4) is 5.75 Å². The molecule has 0 bridgehead atoms. The molecule has 1 heteroatoms. The van der Waals surface area contributed by atoms with Gasteiger partial charge in [0.2, 0.25) is 0 Å². The number of benzene rings is 1. The van der Waals surface area contributed by atoms with Gasteiger partial charge in [-0.15, -0.1) is 0 Å². The molecule has 86 valence electrons. The molecule has 1 unspecified atom stereocenters. The highest BCUT2D eigenvalue weighted by Gasteiger charge is 2.10. The molecule has 1 atom stereocenters. The van der Waals surface area contributed by atoms with Crippen LogP contribution in [-0.4, -0.2) is 6.10 Å². The van der Waals surface area contributed by atoms with Crippen molar-refractivity contribution in [3.05, 3.63) is 54.1 Å². The van der Waals surface area contributed by atoms with Crippen LogP contribution in [-0.2, 0) is 0 Å². The molecule has 1 aromatic carbocycles. The van der Waals surface area contributed by atoms with E-state index in [0.717, 1.165) is 12.2 Å². The summed E-state index contributed by atoms with van der Waals surface area (Å²) in [5.74, 6) is 0.964. The average molecular weight is 216 g/mol. The molecule has 16 heavy (non-hydrogen) atoms. The number of ether oxygens (including phenoxy) is 1. The molecule has 0 aliphatic heterocycles. The minimum Gasteiger partial charge on any atom is -0.486 e. The Labute approximate surface area is 98.5 Å². The van der Waals surface area contributed by atoms with E-state index in [2.05, 4.69) is 33.4 Å². The summed E-state index contributed by atoms with van der Waals surface area (Å²) in [6, 6.07) is 8.10. The maximum atomic E-state index is 5.99. The van der Waals surface area contributed by atoms with Crippen molar-refractivity contribution < 1.29 is 4.74 Å². The number of allylic oxidation sites excluding steroid dienone is 2. The molecule has 0 aliphatic rings. The van der Waals surface area contributed by atoms with E-state index in [1.165, 1.54) is 11.1 Å². The van der Waals surface area contributed by atoms with Gasteiger partial charge in [0.15, 0.2) is 0 Å². The van der Waals surface area contributed by atoms with Gasteiger partial charge < -0.3 is 4.74 Å². The van der Waals surface area contributed by atoms with Crippen LogP contribution in [0, 0.1) is 6.92 Å². The Morgan fingerprint density at radius 3 is 2.69 bits per heavy atom. The Bertz CT molecular complexity index is 377. The van der Waals surface area contributed by atoms with Gasteiger partial charge in [0.25, 0.3) is 0 Å². The van der Waals surface area contributed by atoms with Crippen LogP contribution in [0.15, 0.2) is 48.6 Å².